The van der Waals surface area contributed by atoms with Gasteiger partial charge in [-0.15, -0.1) is 0 Å². The Morgan fingerprint density at radius 1 is 0.885 bits per heavy atom. The Balaban J connectivity index is 1.61. The lowest BCUT2D eigenvalue weighted by atomic mass is 9.77. The van der Waals surface area contributed by atoms with Crippen LogP contribution in [0.4, 0.5) is 0 Å². The van der Waals surface area contributed by atoms with E-state index in [1.54, 1.807) is 0 Å². The molecule has 0 aliphatic heterocycles. The number of ether oxygens (including phenoxy) is 1. The highest BCUT2D eigenvalue weighted by atomic mass is 16.5. The van der Waals surface area contributed by atoms with Crippen LogP contribution in [0.2, 0.25) is 0 Å². The minimum atomic E-state index is 0.132. The van der Waals surface area contributed by atoms with Crippen molar-refractivity contribution >= 4 is 0 Å². The van der Waals surface area contributed by atoms with E-state index in [0.717, 1.165) is 24.0 Å². The number of hydrogen-bond acceptors (Lipinski definition) is 1. The molecule has 0 aromatic heterocycles. The van der Waals surface area contributed by atoms with Crippen LogP contribution in [-0.4, -0.2) is 0 Å². The fourth-order valence-electron chi connectivity index (χ4n) is 4.34. The summed E-state index contributed by atoms with van der Waals surface area (Å²) < 4.78 is 6.23. The third kappa shape index (κ3) is 4.90. The first-order chi connectivity index (χ1) is 12.7. The summed E-state index contributed by atoms with van der Waals surface area (Å²) in [6.07, 6.45) is 9.41. The van der Waals surface area contributed by atoms with Gasteiger partial charge in [0.2, 0.25) is 0 Å². The van der Waals surface area contributed by atoms with Gasteiger partial charge in [0.15, 0.2) is 0 Å². The second-order valence-corrected chi connectivity index (χ2v) is 8.00. The van der Waals surface area contributed by atoms with Crippen molar-refractivity contribution in [3.8, 4) is 5.75 Å². The van der Waals surface area contributed by atoms with E-state index >= 15 is 0 Å². The van der Waals surface area contributed by atoms with Gasteiger partial charge in [-0.05, 0) is 74.1 Å². The molecule has 0 amide bonds. The normalized spacial score (nSPS) is 21.3. The summed E-state index contributed by atoms with van der Waals surface area (Å²) in [7, 11) is 0. The highest BCUT2D eigenvalue weighted by molar-refractivity contribution is 5.30. The zero-order valence-corrected chi connectivity index (χ0v) is 16.7. The molecule has 0 spiro atoms. The Bertz CT molecular complexity index is 648. The van der Waals surface area contributed by atoms with Crippen molar-refractivity contribution in [2.75, 3.05) is 0 Å². The third-order valence-electron chi connectivity index (χ3n) is 5.99. The van der Waals surface area contributed by atoms with Gasteiger partial charge in [0.1, 0.15) is 11.9 Å². The summed E-state index contributed by atoms with van der Waals surface area (Å²) in [5.74, 6) is 2.69. The molecule has 3 rings (SSSR count). The van der Waals surface area contributed by atoms with E-state index in [2.05, 4.69) is 69.3 Å². The van der Waals surface area contributed by atoms with E-state index in [9.17, 15) is 0 Å². The van der Waals surface area contributed by atoms with Crippen molar-refractivity contribution in [2.24, 2.45) is 5.92 Å². The van der Waals surface area contributed by atoms with Crippen molar-refractivity contribution in [2.45, 2.75) is 77.7 Å². The molecule has 0 heterocycles. The SMILES string of the molecule is CCCC1CCC(c2ccc([C@@H](CC)Oc3ccc(C)cc3)cc2)CC1. The van der Waals surface area contributed by atoms with Crippen LogP contribution < -0.4 is 4.74 Å². The molecule has 1 nitrogen and oxygen atoms in total. The average Bonchev–Trinajstić information content (AvgIpc) is 2.69. The topological polar surface area (TPSA) is 9.23 Å². The minimum Gasteiger partial charge on any atom is -0.486 e. The molecule has 0 saturated heterocycles. The van der Waals surface area contributed by atoms with Gasteiger partial charge in [0.25, 0.3) is 0 Å². The molecular weight excluding hydrogens is 316 g/mol. The smallest absolute Gasteiger partial charge is 0.123 e. The molecule has 26 heavy (non-hydrogen) atoms. The fraction of sp³-hybridized carbons (Fsp3) is 0.520. The maximum Gasteiger partial charge on any atom is 0.123 e. The van der Waals surface area contributed by atoms with E-state index in [4.69, 9.17) is 4.74 Å². The highest BCUT2D eigenvalue weighted by Gasteiger charge is 2.22. The first kappa shape index (κ1) is 19.0. The van der Waals surface area contributed by atoms with Gasteiger partial charge in [-0.3, -0.25) is 0 Å². The van der Waals surface area contributed by atoms with Crippen LogP contribution in [0.1, 0.15) is 87.5 Å². The van der Waals surface area contributed by atoms with Gasteiger partial charge in [0, 0.05) is 0 Å². The lowest BCUT2D eigenvalue weighted by Gasteiger charge is -2.29. The molecule has 0 unspecified atom stereocenters. The summed E-state index contributed by atoms with van der Waals surface area (Å²) in [4.78, 5) is 0. The molecule has 0 bridgehead atoms. The van der Waals surface area contributed by atoms with Crippen LogP contribution in [0.25, 0.3) is 0 Å². The van der Waals surface area contributed by atoms with Crippen LogP contribution in [0.5, 0.6) is 5.75 Å². The van der Waals surface area contributed by atoms with Crippen LogP contribution in [0, 0.1) is 12.8 Å². The standard InChI is InChI=1S/C25H34O/c1-4-6-20-9-11-21(12-10-20)22-13-15-23(16-14-22)25(5-2)26-24-17-7-19(3)8-18-24/h7-8,13-18,20-21,25H,4-6,9-12H2,1-3H3/t20?,21?,25-/m1/s1. The Morgan fingerprint density at radius 3 is 2.12 bits per heavy atom. The molecule has 1 aliphatic carbocycles. The molecular formula is C25H34O. The number of aryl methyl sites for hydroxylation is 1. The van der Waals surface area contributed by atoms with Crippen LogP contribution in [0.15, 0.2) is 48.5 Å². The van der Waals surface area contributed by atoms with Gasteiger partial charge < -0.3 is 4.74 Å². The van der Waals surface area contributed by atoms with E-state index in [-0.39, 0.29) is 6.10 Å². The predicted octanol–water partition coefficient (Wildman–Crippen LogP) is 7.60. The summed E-state index contributed by atoms with van der Waals surface area (Å²) in [5, 5.41) is 0. The molecule has 2 aromatic rings. The zero-order chi connectivity index (χ0) is 18.4. The van der Waals surface area contributed by atoms with Crippen LogP contribution >= 0.6 is 0 Å². The Hall–Kier alpha value is -1.76. The van der Waals surface area contributed by atoms with Gasteiger partial charge >= 0.3 is 0 Å². The lowest BCUT2D eigenvalue weighted by Crippen LogP contribution is -2.13. The van der Waals surface area contributed by atoms with Crippen molar-refractivity contribution in [3.05, 3.63) is 65.2 Å². The Kier molecular flexibility index (Phi) is 6.77. The van der Waals surface area contributed by atoms with Gasteiger partial charge in [-0.25, -0.2) is 0 Å². The fourth-order valence-corrected chi connectivity index (χ4v) is 4.34. The summed E-state index contributed by atoms with van der Waals surface area (Å²) in [6, 6.07) is 17.6. The summed E-state index contributed by atoms with van der Waals surface area (Å²) in [6.45, 7) is 6.62. The predicted molar refractivity (Wildman–Crippen MR) is 111 cm³/mol. The van der Waals surface area contributed by atoms with Gasteiger partial charge in [-0.2, -0.15) is 0 Å². The summed E-state index contributed by atoms with van der Waals surface area (Å²) in [5.41, 5.74) is 4.08. The third-order valence-corrected chi connectivity index (χ3v) is 5.99. The first-order valence-corrected chi connectivity index (χ1v) is 10.5. The molecule has 0 radical (unpaired) electrons. The molecule has 140 valence electrons. The molecule has 1 fully saturated rings. The lowest BCUT2D eigenvalue weighted by molar-refractivity contribution is 0.201. The van der Waals surface area contributed by atoms with Crippen molar-refractivity contribution in [1.82, 2.24) is 0 Å². The quantitative estimate of drug-likeness (QED) is 0.499. The van der Waals surface area contributed by atoms with Crippen molar-refractivity contribution < 1.29 is 4.74 Å². The summed E-state index contributed by atoms with van der Waals surface area (Å²) >= 11 is 0. The first-order valence-electron chi connectivity index (χ1n) is 10.5. The van der Waals surface area contributed by atoms with E-state index in [0.29, 0.717) is 0 Å². The van der Waals surface area contributed by atoms with Crippen LogP contribution in [-0.2, 0) is 0 Å². The molecule has 1 aliphatic rings. The van der Waals surface area contributed by atoms with Gasteiger partial charge in [0.05, 0.1) is 0 Å². The second-order valence-electron chi connectivity index (χ2n) is 8.00. The Morgan fingerprint density at radius 2 is 1.54 bits per heavy atom. The van der Waals surface area contributed by atoms with Crippen molar-refractivity contribution in [3.63, 3.8) is 0 Å². The van der Waals surface area contributed by atoms with E-state index in [1.165, 1.54) is 55.2 Å². The maximum atomic E-state index is 6.23. The minimum absolute atomic E-state index is 0.132. The Labute approximate surface area is 159 Å². The average molecular weight is 351 g/mol. The number of rotatable bonds is 7. The number of benzene rings is 2. The number of hydrogen-bond donors (Lipinski definition) is 0. The van der Waals surface area contributed by atoms with E-state index < -0.39 is 0 Å². The molecule has 1 atom stereocenters. The van der Waals surface area contributed by atoms with Crippen LogP contribution in [0.3, 0.4) is 0 Å². The monoisotopic (exact) mass is 350 g/mol. The van der Waals surface area contributed by atoms with E-state index in [1.807, 2.05) is 0 Å². The molecule has 2 aromatic carbocycles. The molecule has 1 heteroatoms. The highest BCUT2D eigenvalue weighted by Crippen LogP contribution is 2.38. The largest absolute Gasteiger partial charge is 0.486 e. The van der Waals surface area contributed by atoms with Gasteiger partial charge in [-0.1, -0.05) is 68.7 Å². The molecule has 0 N–H and O–H groups in total. The van der Waals surface area contributed by atoms with Crippen molar-refractivity contribution in [1.29, 1.82) is 0 Å². The maximum absolute atomic E-state index is 6.23. The zero-order valence-electron chi connectivity index (χ0n) is 16.7. The molecule has 1 saturated carbocycles. The second kappa shape index (κ2) is 9.26.